The summed E-state index contributed by atoms with van der Waals surface area (Å²) in [5, 5.41) is 128. The second-order valence-electron chi connectivity index (χ2n) is 12.2. The van der Waals surface area contributed by atoms with Gasteiger partial charge >= 0.3 is 0 Å². The van der Waals surface area contributed by atoms with Gasteiger partial charge in [-0.2, -0.15) is 0 Å². The average Bonchev–Trinajstić information content (AvgIpc) is 3.01. The molecule has 0 bridgehead atoms. The van der Waals surface area contributed by atoms with E-state index in [1.165, 1.54) is 13.0 Å². The lowest BCUT2D eigenvalue weighted by Crippen LogP contribution is -2.68. The van der Waals surface area contributed by atoms with Crippen molar-refractivity contribution in [3.8, 4) is 0 Å². The summed E-state index contributed by atoms with van der Waals surface area (Å²) in [5.74, 6) is 0. The minimum Gasteiger partial charge on any atom is -0.394 e. The highest BCUT2D eigenvalue weighted by molar-refractivity contribution is 5.21. The molecule has 0 aromatic carbocycles. The molecule has 4 aliphatic rings. The number of aliphatic hydroxyl groups excluding tert-OH is 11. The first kappa shape index (κ1) is 35.9. The molecule has 17 heteroatoms. The van der Waals surface area contributed by atoms with Gasteiger partial charge in [0.15, 0.2) is 12.6 Å². The van der Waals surface area contributed by atoms with Crippen molar-refractivity contribution in [1.29, 1.82) is 0 Å². The van der Waals surface area contributed by atoms with Crippen LogP contribution in [0, 0.1) is 0 Å². The Morgan fingerprint density at radius 1 is 0.841 bits per heavy atom. The van der Waals surface area contributed by atoms with E-state index in [9.17, 15) is 61.3 Å². The first-order chi connectivity index (χ1) is 20.7. The second kappa shape index (κ2) is 14.4. The van der Waals surface area contributed by atoms with Crippen molar-refractivity contribution < 1.29 is 80.2 Å². The van der Waals surface area contributed by atoms with Crippen molar-refractivity contribution in [1.82, 2.24) is 5.32 Å². The van der Waals surface area contributed by atoms with Crippen LogP contribution in [0.3, 0.4) is 0 Å². The van der Waals surface area contributed by atoms with Crippen molar-refractivity contribution in [3.63, 3.8) is 0 Å². The molecule has 0 amide bonds. The summed E-state index contributed by atoms with van der Waals surface area (Å²) >= 11 is 0. The Morgan fingerprint density at radius 3 is 2.07 bits per heavy atom. The predicted molar refractivity (Wildman–Crippen MR) is 144 cm³/mol. The molecule has 44 heavy (non-hydrogen) atoms. The number of ether oxygens (including phenoxy) is 4. The molecule has 2 aliphatic carbocycles. The van der Waals surface area contributed by atoms with E-state index >= 15 is 0 Å². The molecule has 0 radical (unpaired) electrons. The minimum atomic E-state index is -1.99. The van der Waals surface area contributed by atoms with Crippen molar-refractivity contribution in [2.24, 2.45) is 0 Å². The van der Waals surface area contributed by atoms with E-state index in [0.29, 0.717) is 12.0 Å². The van der Waals surface area contributed by atoms with Gasteiger partial charge in [-0.3, -0.25) is 0 Å². The normalized spacial score (nSPS) is 52.0. The quantitative estimate of drug-likeness (QED) is 0.104. The van der Waals surface area contributed by atoms with Gasteiger partial charge in [-0.15, -0.1) is 0 Å². The molecule has 0 aromatic rings. The van der Waals surface area contributed by atoms with Gasteiger partial charge < -0.3 is 85.5 Å². The number of rotatable bonds is 9. The molecule has 18 atom stereocenters. The first-order valence-corrected chi connectivity index (χ1v) is 14.8. The molecule has 2 heterocycles. The van der Waals surface area contributed by atoms with Crippen LogP contribution >= 0.6 is 0 Å². The van der Waals surface area contributed by atoms with E-state index in [2.05, 4.69) is 5.32 Å². The molecule has 3 fully saturated rings. The summed E-state index contributed by atoms with van der Waals surface area (Å²) in [4.78, 5) is 0. The van der Waals surface area contributed by atoms with Gasteiger partial charge in [-0.25, -0.2) is 0 Å². The SMILES string of the molecule is CCC1=CC(NC2C(C)OC(OC3C(CO)OC(OC4C(O)CCC(O)(CO)C4O)C(O)C3O)C(O)C2O)C(O)C(O)C1O. The topological polar surface area (TPSA) is 292 Å². The van der Waals surface area contributed by atoms with E-state index < -0.39 is 123 Å². The lowest BCUT2D eigenvalue weighted by atomic mass is 9.79. The average molecular weight is 642 g/mol. The van der Waals surface area contributed by atoms with Gasteiger partial charge in [-0.05, 0) is 31.8 Å². The Labute approximate surface area is 253 Å². The molecule has 2 aliphatic heterocycles. The van der Waals surface area contributed by atoms with Gasteiger partial charge in [0.05, 0.1) is 37.5 Å². The van der Waals surface area contributed by atoms with Gasteiger partial charge in [0.1, 0.15) is 72.7 Å². The van der Waals surface area contributed by atoms with Gasteiger partial charge in [0.25, 0.3) is 0 Å². The lowest BCUT2D eigenvalue weighted by molar-refractivity contribution is -0.365. The number of hydrogen-bond acceptors (Lipinski definition) is 17. The smallest absolute Gasteiger partial charge is 0.187 e. The molecule has 4 rings (SSSR count). The van der Waals surface area contributed by atoms with E-state index in [-0.39, 0.29) is 12.8 Å². The largest absolute Gasteiger partial charge is 0.394 e. The summed E-state index contributed by atoms with van der Waals surface area (Å²) in [5.41, 5.74) is -1.52. The highest BCUT2D eigenvalue weighted by Gasteiger charge is 2.54. The second-order valence-corrected chi connectivity index (χ2v) is 12.2. The van der Waals surface area contributed by atoms with Crippen LogP contribution in [0.2, 0.25) is 0 Å². The summed E-state index contributed by atoms with van der Waals surface area (Å²) in [6, 6.07) is -1.91. The Balaban J connectivity index is 1.42. The van der Waals surface area contributed by atoms with Gasteiger partial charge in [-0.1, -0.05) is 13.0 Å². The first-order valence-electron chi connectivity index (χ1n) is 14.8. The van der Waals surface area contributed by atoms with Crippen LogP contribution in [0.4, 0.5) is 0 Å². The number of aliphatic hydroxyl groups is 12. The Morgan fingerprint density at radius 2 is 1.45 bits per heavy atom. The number of nitrogens with one attached hydrogen (secondary N) is 1. The molecular formula is C27H47NO16. The molecule has 1 saturated carbocycles. The maximum atomic E-state index is 11.0. The van der Waals surface area contributed by atoms with E-state index in [1.807, 2.05) is 0 Å². The predicted octanol–water partition coefficient (Wildman–Crippen LogP) is -6.34. The zero-order valence-electron chi connectivity index (χ0n) is 24.4. The van der Waals surface area contributed by atoms with Crippen molar-refractivity contribution in [2.45, 2.75) is 143 Å². The van der Waals surface area contributed by atoms with Crippen LogP contribution in [0.1, 0.15) is 33.1 Å². The van der Waals surface area contributed by atoms with E-state index in [1.54, 1.807) is 6.92 Å². The molecule has 2 saturated heterocycles. The lowest BCUT2D eigenvalue weighted by Gasteiger charge is -2.49. The highest BCUT2D eigenvalue weighted by atomic mass is 16.7. The van der Waals surface area contributed by atoms with Gasteiger partial charge in [0, 0.05) is 0 Å². The van der Waals surface area contributed by atoms with Crippen LogP contribution < -0.4 is 5.32 Å². The zero-order chi connectivity index (χ0) is 32.7. The summed E-state index contributed by atoms with van der Waals surface area (Å²) < 4.78 is 22.6. The fourth-order valence-corrected chi connectivity index (χ4v) is 6.32. The summed E-state index contributed by atoms with van der Waals surface area (Å²) in [6.45, 7) is 1.66. The molecule has 256 valence electrons. The Kier molecular flexibility index (Phi) is 11.8. The highest BCUT2D eigenvalue weighted by Crippen LogP contribution is 2.35. The third kappa shape index (κ3) is 6.85. The van der Waals surface area contributed by atoms with Crippen LogP contribution in [0.5, 0.6) is 0 Å². The fourth-order valence-electron chi connectivity index (χ4n) is 6.32. The van der Waals surface area contributed by atoms with Crippen LogP contribution in [-0.2, 0) is 18.9 Å². The Hall–Kier alpha value is -0.940. The summed E-state index contributed by atoms with van der Waals surface area (Å²) in [7, 11) is 0. The van der Waals surface area contributed by atoms with E-state index in [4.69, 9.17) is 18.9 Å². The third-order valence-corrected chi connectivity index (χ3v) is 9.25. The molecule has 0 spiro atoms. The molecule has 13 N–H and O–H groups in total. The van der Waals surface area contributed by atoms with Crippen molar-refractivity contribution in [3.05, 3.63) is 11.6 Å². The Bertz CT molecular complexity index is 974. The fraction of sp³-hybridized carbons (Fsp3) is 0.926. The monoisotopic (exact) mass is 641 g/mol. The third-order valence-electron chi connectivity index (χ3n) is 9.25. The molecular weight excluding hydrogens is 594 g/mol. The maximum Gasteiger partial charge on any atom is 0.187 e. The molecule has 18 unspecified atom stereocenters. The van der Waals surface area contributed by atoms with Crippen LogP contribution in [0.25, 0.3) is 0 Å². The number of hydrogen-bond donors (Lipinski definition) is 13. The standard InChI is InChI=1S/C27H47NO16/c1-3-10-6-11(16(33)18(35)15(10)32)28-14-9(2)41-25(20(37)17(14)34)44-23-13(7-29)42-26(21(38)19(23)36)43-22-12(31)4-5-27(40,8-30)24(22)39/h6,9,11-26,28-40H,3-5,7-8H2,1-2H3. The summed E-state index contributed by atoms with van der Waals surface area (Å²) in [6.07, 6.45) is -21.3. The van der Waals surface area contributed by atoms with Gasteiger partial charge in [0.2, 0.25) is 0 Å². The van der Waals surface area contributed by atoms with E-state index in [0.717, 1.165) is 0 Å². The van der Waals surface area contributed by atoms with Crippen molar-refractivity contribution in [2.75, 3.05) is 13.2 Å². The minimum absolute atomic E-state index is 0.0646. The molecule has 0 aromatic heterocycles. The van der Waals surface area contributed by atoms with Crippen LogP contribution in [0.15, 0.2) is 11.6 Å². The van der Waals surface area contributed by atoms with Crippen molar-refractivity contribution >= 4 is 0 Å². The maximum absolute atomic E-state index is 11.0. The molecule has 17 nitrogen and oxygen atoms in total. The van der Waals surface area contributed by atoms with Crippen LogP contribution in [-0.4, -0.2) is 184 Å². The zero-order valence-corrected chi connectivity index (χ0v) is 24.4.